The second kappa shape index (κ2) is 6.59. The molecule has 1 amide bonds. The van der Waals surface area contributed by atoms with E-state index in [9.17, 15) is 4.79 Å². The van der Waals surface area contributed by atoms with E-state index in [2.05, 4.69) is 19.9 Å². The zero-order valence-electron chi connectivity index (χ0n) is 14.6. The molecule has 3 heterocycles. The van der Waals surface area contributed by atoms with Gasteiger partial charge in [0.05, 0.1) is 12.6 Å². The number of carbonyl (C=O) groups is 1. The molecule has 134 valence electrons. The van der Waals surface area contributed by atoms with Gasteiger partial charge in [-0.1, -0.05) is 18.0 Å². The summed E-state index contributed by atoms with van der Waals surface area (Å²) in [4.78, 5) is 14.8. The minimum Gasteiger partial charge on any atom is -0.378 e. The maximum Gasteiger partial charge on any atom is 0.259 e. The summed E-state index contributed by atoms with van der Waals surface area (Å²) in [6, 6.07) is -0.130. The molecule has 1 aliphatic heterocycles. The Kier molecular flexibility index (Phi) is 4.29. The van der Waals surface area contributed by atoms with Crippen LogP contribution in [0, 0.1) is 0 Å². The van der Waals surface area contributed by atoms with Crippen LogP contribution in [0.2, 0.25) is 0 Å². The molecule has 1 aliphatic carbocycles. The van der Waals surface area contributed by atoms with Crippen molar-refractivity contribution in [3.8, 4) is 0 Å². The van der Waals surface area contributed by atoms with Gasteiger partial charge in [-0.15, -0.1) is 10.2 Å². The van der Waals surface area contributed by atoms with E-state index in [0.717, 1.165) is 18.2 Å². The molecule has 0 bridgehead atoms. The molecule has 25 heavy (non-hydrogen) atoms. The molecule has 8 nitrogen and oxygen atoms in total. The second-order valence-corrected chi connectivity index (χ2v) is 6.83. The monoisotopic (exact) mass is 345 g/mol. The van der Waals surface area contributed by atoms with E-state index in [1.54, 1.807) is 7.11 Å². The van der Waals surface area contributed by atoms with Gasteiger partial charge in [0.2, 0.25) is 0 Å². The van der Waals surface area contributed by atoms with Gasteiger partial charge in [0, 0.05) is 26.1 Å². The van der Waals surface area contributed by atoms with Crippen LogP contribution in [0.1, 0.15) is 72.3 Å². The van der Waals surface area contributed by atoms with Gasteiger partial charge >= 0.3 is 0 Å². The van der Waals surface area contributed by atoms with Crippen LogP contribution in [0.15, 0.2) is 10.8 Å². The van der Waals surface area contributed by atoms with Crippen molar-refractivity contribution in [3.63, 3.8) is 0 Å². The predicted octanol–water partition coefficient (Wildman–Crippen LogP) is 2.29. The Hall–Kier alpha value is -2.22. The van der Waals surface area contributed by atoms with Crippen molar-refractivity contribution in [1.82, 2.24) is 24.8 Å². The average molecular weight is 345 g/mol. The quantitative estimate of drug-likeness (QED) is 0.845. The molecule has 2 aromatic heterocycles. The highest BCUT2D eigenvalue weighted by Gasteiger charge is 2.35. The summed E-state index contributed by atoms with van der Waals surface area (Å²) < 4.78 is 12.3. The van der Waals surface area contributed by atoms with E-state index in [1.165, 1.54) is 31.9 Å². The molecule has 0 spiro atoms. The number of ether oxygens (including phenoxy) is 1. The highest BCUT2D eigenvalue weighted by Crippen LogP contribution is 2.36. The highest BCUT2D eigenvalue weighted by molar-refractivity contribution is 5.95. The maximum atomic E-state index is 13.0. The van der Waals surface area contributed by atoms with E-state index >= 15 is 0 Å². The largest absolute Gasteiger partial charge is 0.378 e. The van der Waals surface area contributed by atoms with Crippen molar-refractivity contribution in [2.75, 3.05) is 13.7 Å². The predicted molar refractivity (Wildman–Crippen MR) is 87.9 cm³/mol. The van der Waals surface area contributed by atoms with Gasteiger partial charge < -0.3 is 18.7 Å². The first-order valence-corrected chi connectivity index (χ1v) is 8.87. The van der Waals surface area contributed by atoms with Gasteiger partial charge in [0.25, 0.3) is 5.91 Å². The van der Waals surface area contributed by atoms with Crippen LogP contribution < -0.4 is 0 Å². The lowest BCUT2D eigenvalue weighted by Crippen LogP contribution is -2.41. The van der Waals surface area contributed by atoms with Crippen molar-refractivity contribution in [2.24, 2.45) is 0 Å². The molecule has 1 unspecified atom stereocenters. The number of fused-ring (bicyclic) bond motifs is 1. The molecule has 0 aromatic carbocycles. The van der Waals surface area contributed by atoms with Crippen molar-refractivity contribution in [2.45, 2.75) is 57.7 Å². The van der Waals surface area contributed by atoms with Gasteiger partial charge in [-0.2, -0.15) is 0 Å². The topological polar surface area (TPSA) is 86.3 Å². The van der Waals surface area contributed by atoms with E-state index in [4.69, 9.17) is 9.26 Å². The molecule has 1 atom stereocenters. The maximum absolute atomic E-state index is 13.0. The lowest BCUT2D eigenvalue weighted by atomic mass is 10.1. The van der Waals surface area contributed by atoms with E-state index in [0.29, 0.717) is 23.7 Å². The second-order valence-electron chi connectivity index (χ2n) is 6.83. The summed E-state index contributed by atoms with van der Waals surface area (Å²) in [5, 5.41) is 12.7. The van der Waals surface area contributed by atoms with Crippen molar-refractivity contribution in [1.29, 1.82) is 0 Å². The number of rotatable bonds is 4. The Morgan fingerprint density at radius 2 is 2.04 bits per heavy atom. The van der Waals surface area contributed by atoms with Crippen molar-refractivity contribution >= 4 is 5.91 Å². The van der Waals surface area contributed by atoms with Crippen LogP contribution in [0.4, 0.5) is 0 Å². The van der Waals surface area contributed by atoms with Gasteiger partial charge in [-0.3, -0.25) is 4.79 Å². The number of hydrogen-bond donors (Lipinski definition) is 0. The summed E-state index contributed by atoms with van der Waals surface area (Å²) in [6.45, 7) is 3.61. The first-order chi connectivity index (χ1) is 12.2. The fourth-order valence-electron chi connectivity index (χ4n) is 4.00. The molecular weight excluding hydrogens is 322 g/mol. The lowest BCUT2D eigenvalue weighted by molar-refractivity contribution is 0.0631. The number of methoxy groups -OCH3 is 1. The van der Waals surface area contributed by atoms with Crippen LogP contribution >= 0.6 is 0 Å². The summed E-state index contributed by atoms with van der Waals surface area (Å²) in [5.74, 6) is 2.38. The Labute approximate surface area is 146 Å². The molecule has 2 aromatic rings. The number of carbonyl (C=O) groups excluding carboxylic acids is 1. The summed E-state index contributed by atoms with van der Waals surface area (Å²) >= 11 is 0. The molecule has 2 aliphatic rings. The molecule has 0 N–H and O–H groups in total. The van der Waals surface area contributed by atoms with Crippen LogP contribution in [0.3, 0.4) is 0 Å². The van der Waals surface area contributed by atoms with Crippen LogP contribution in [-0.4, -0.2) is 44.4 Å². The zero-order valence-corrected chi connectivity index (χ0v) is 14.6. The molecule has 1 fully saturated rings. The normalized spacial score (nSPS) is 20.9. The molecule has 4 rings (SSSR count). The van der Waals surface area contributed by atoms with E-state index < -0.39 is 0 Å². The van der Waals surface area contributed by atoms with Crippen LogP contribution in [0.25, 0.3) is 0 Å². The van der Waals surface area contributed by atoms with Gasteiger partial charge in [0.15, 0.2) is 5.82 Å². The number of aromatic nitrogens is 4. The zero-order chi connectivity index (χ0) is 17.4. The first-order valence-electron chi connectivity index (χ1n) is 8.87. The molecule has 0 saturated heterocycles. The van der Waals surface area contributed by atoms with Crippen molar-refractivity contribution in [3.05, 3.63) is 29.2 Å². The van der Waals surface area contributed by atoms with Gasteiger partial charge in [-0.25, -0.2) is 0 Å². The van der Waals surface area contributed by atoms with E-state index in [-0.39, 0.29) is 18.6 Å². The van der Waals surface area contributed by atoms with Gasteiger partial charge in [0.1, 0.15) is 23.3 Å². The lowest BCUT2D eigenvalue weighted by Gasteiger charge is -2.34. The first kappa shape index (κ1) is 16.3. The molecule has 8 heteroatoms. The fraction of sp³-hybridized carbons (Fsp3) is 0.647. The molecule has 1 saturated carbocycles. The standard InChI is InChI=1S/C17H23N5O3/c1-11-15-18-19-16(12-5-3-4-6-12)22(15)8-7-21(11)17(23)13-9-25-20-14(13)10-24-2/h9,11-12H,3-8,10H2,1-2H3. The summed E-state index contributed by atoms with van der Waals surface area (Å²) in [5.41, 5.74) is 0.982. The Bertz CT molecular complexity index is 762. The fourth-order valence-corrected chi connectivity index (χ4v) is 4.00. The highest BCUT2D eigenvalue weighted by atomic mass is 16.5. The van der Waals surface area contributed by atoms with Crippen LogP contribution in [0.5, 0.6) is 0 Å². The minimum absolute atomic E-state index is 0.0996. The third-order valence-corrected chi connectivity index (χ3v) is 5.35. The van der Waals surface area contributed by atoms with Crippen molar-refractivity contribution < 1.29 is 14.1 Å². The number of amides is 1. The number of hydrogen-bond acceptors (Lipinski definition) is 6. The Morgan fingerprint density at radius 1 is 1.28 bits per heavy atom. The Balaban J connectivity index is 1.58. The summed E-state index contributed by atoms with van der Waals surface area (Å²) in [6.07, 6.45) is 6.31. The third-order valence-electron chi connectivity index (χ3n) is 5.35. The van der Waals surface area contributed by atoms with Crippen LogP contribution in [-0.2, 0) is 17.9 Å². The average Bonchev–Trinajstić information content (AvgIpc) is 3.35. The molecule has 0 radical (unpaired) electrons. The number of nitrogens with zero attached hydrogens (tertiary/aromatic N) is 5. The minimum atomic E-state index is -0.130. The summed E-state index contributed by atoms with van der Waals surface area (Å²) in [7, 11) is 1.57. The SMILES string of the molecule is COCc1nocc1C(=O)N1CCn2c(C3CCCC3)nnc2C1C. The third kappa shape index (κ3) is 2.74. The Morgan fingerprint density at radius 3 is 2.80 bits per heavy atom. The van der Waals surface area contributed by atoms with Gasteiger partial charge in [-0.05, 0) is 19.8 Å². The smallest absolute Gasteiger partial charge is 0.259 e. The van der Waals surface area contributed by atoms with E-state index in [1.807, 2.05) is 11.8 Å². The molecular formula is C17H23N5O3.